The molecule has 2 saturated carbocycles. The van der Waals surface area contributed by atoms with E-state index in [-0.39, 0.29) is 34.6 Å². The smallest absolute Gasteiger partial charge is 0.336 e. The second-order valence-corrected chi connectivity index (χ2v) is 10.0. The minimum Gasteiger partial charge on any atom is -0.457 e. The molecule has 0 radical (unpaired) electrons. The number of rotatable bonds is 2. The van der Waals surface area contributed by atoms with Gasteiger partial charge in [0, 0.05) is 22.7 Å². The van der Waals surface area contributed by atoms with Gasteiger partial charge in [-0.05, 0) is 39.5 Å². The van der Waals surface area contributed by atoms with E-state index in [1.54, 1.807) is 0 Å². The van der Waals surface area contributed by atoms with E-state index in [0.29, 0.717) is 0 Å². The Morgan fingerprint density at radius 3 is 1.48 bits per heavy atom. The Morgan fingerprint density at radius 1 is 0.760 bits per heavy atom. The highest BCUT2D eigenvalue weighted by Gasteiger charge is 2.66. The lowest BCUT2D eigenvalue weighted by molar-refractivity contribution is -0.236. The van der Waals surface area contributed by atoms with Gasteiger partial charge in [-0.25, -0.2) is 9.59 Å². The fraction of sp³-hybridized carbons (Fsp3) is 0.900. The highest BCUT2D eigenvalue weighted by molar-refractivity contribution is 5.80. The van der Waals surface area contributed by atoms with Crippen LogP contribution in [-0.2, 0) is 23.8 Å². The monoisotopic (exact) mass is 350 g/mol. The summed E-state index contributed by atoms with van der Waals surface area (Å²) in [4.78, 5) is 25.3. The van der Waals surface area contributed by atoms with E-state index in [4.69, 9.17) is 14.2 Å². The Bertz CT molecular complexity index is 584. The molecule has 5 nitrogen and oxygen atoms in total. The van der Waals surface area contributed by atoms with Crippen molar-refractivity contribution in [3.8, 4) is 0 Å². The summed E-state index contributed by atoms with van der Waals surface area (Å²) < 4.78 is 17.8. The molecule has 5 heteroatoms. The molecule has 2 aliphatic carbocycles. The number of carbonyl (C=O) groups is 2. The number of carbonyl (C=O) groups excluding carboxylic acids is 2. The van der Waals surface area contributed by atoms with Gasteiger partial charge < -0.3 is 14.2 Å². The zero-order chi connectivity index (χ0) is 18.4. The number of esters is 2. The summed E-state index contributed by atoms with van der Waals surface area (Å²) >= 11 is 0. The summed E-state index contributed by atoms with van der Waals surface area (Å²) in [5.41, 5.74) is -1.20. The van der Waals surface area contributed by atoms with Gasteiger partial charge in [-0.2, -0.15) is 0 Å². The molecular weight excluding hydrogens is 320 g/mol. The van der Waals surface area contributed by atoms with Crippen molar-refractivity contribution in [2.24, 2.45) is 22.7 Å². The Morgan fingerprint density at radius 2 is 1.12 bits per heavy atom. The quantitative estimate of drug-likeness (QED) is 0.716. The minimum absolute atomic E-state index is 0.0735. The molecule has 140 valence electrons. The summed E-state index contributed by atoms with van der Waals surface area (Å²) in [7, 11) is 0. The zero-order valence-corrected chi connectivity index (χ0v) is 16.2. The van der Waals surface area contributed by atoms with Gasteiger partial charge in [-0.1, -0.05) is 27.7 Å². The van der Waals surface area contributed by atoms with Gasteiger partial charge >= 0.3 is 11.9 Å². The molecule has 0 N–H and O–H groups in total. The molecule has 0 aromatic heterocycles. The highest BCUT2D eigenvalue weighted by atomic mass is 16.6. The van der Waals surface area contributed by atoms with Crippen molar-refractivity contribution in [3.05, 3.63) is 0 Å². The molecule has 0 spiro atoms. The summed E-state index contributed by atoms with van der Waals surface area (Å²) in [6, 6.07) is 0. The van der Waals surface area contributed by atoms with E-state index in [9.17, 15) is 9.59 Å². The third-order valence-electron chi connectivity index (χ3n) is 8.59. The molecule has 0 aromatic carbocycles. The van der Waals surface area contributed by atoms with Crippen molar-refractivity contribution < 1.29 is 23.8 Å². The number of hydrogen-bond acceptors (Lipinski definition) is 5. The Labute approximate surface area is 149 Å². The van der Waals surface area contributed by atoms with Crippen LogP contribution < -0.4 is 0 Å². The lowest BCUT2D eigenvalue weighted by Gasteiger charge is -2.50. The van der Waals surface area contributed by atoms with Gasteiger partial charge in [0.2, 0.25) is 0 Å². The van der Waals surface area contributed by atoms with Gasteiger partial charge in [0.05, 0.1) is 0 Å². The first-order valence-corrected chi connectivity index (χ1v) is 9.54. The van der Waals surface area contributed by atoms with Crippen LogP contribution >= 0.6 is 0 Å². The van der Waals surface area contributed by atoms with E-state index in [1.807, 2.05) is 13.8 Å². The third-order valence-corrected chi connectivity index (χ3v) is 8.59. The fourth-order valence-corrected chi connectivity index (χ4v) is 5.78. The molecule has 4 rings (SSSR count). The molecule has 25 heavy (non-hydrogen) atoms. The van der Waals surface area contributed by atoms with Crippen LogP contribution in [-0.4, -0.2) is 35.3 Å². The molecule has 0 aromatic rings. The van der Waals surface area contributed by atoms with Crippen LogP contribution in [0.4, 0.5) is 0 Å². The maximum absolute atomic E-state index is 12.7. The van der Waals surface area contributed by atoms with Crippen LogP contribution in [0.3, 0.4) is 0 Å². The van der Waals surface area contributed by atoms with Gasteiger partial charge in [0.1, 0.15) is 11.2 Å². The second-order valence-electron chi connectivity index (χ2n) is 10.0. The van der Waals surface area contributed by atoms with Crippen molar-refractivity contribution in [1.29, 1.82) is 0 Å². The third kappa shape index (κ3) is 1.99. The first-order chi connectivity index (χ1) is 11.4. The highest BCUT2D eigenvalue weighted by Crippen LogP contribution is 2.60. The number of ether oxygens (including phenoxy) is 3. The maximum atomic E-state index is 12.7. The SMILES string of the molecule is CC12CCC(C(OC3C(=O)OC4(C)CCC3C4(C)C)C(=O)O1)C2(C)C. The summed E-state index contributed by atoms with van der Waals surface area (Å²) in [6.07, 6.45) is 2.10. The van der Waals surface area contributed by atoms with Crippen LogP contribution in [0.5, 0.6) is 0 Å². The van der Waals surface area contributed by atoms with E-state index < -0.39 is 23.4 Å². The van der Waals surface area contributed by atoms with Crippen LogP contribution in [0.15, 0.2) is 0 Å². The first kappa shape index (κ1) is 17.3. The van der Waals surface area contributed by atoms with Crippen molar-refractivity contribution in [3.63, 3.8) is 0 Å². The van der Waals surface area contributed by atoms with Crippen LogP contribution in [0.25, 0.3) is 0 Å². The summed E-state index contributed by atoms with van der Waals surface area (Å²) in [6.45, 7) is 12.6. The fourth-order valence-electron chi connectivity index (χ4n) is 5.78. The first-order valence-electron chi connectivity index (χ1n) is 9.54. The Hall–Kier alpha value is -1.10. The summed E-state index contributed by atoms with van der Waals surface area (Å²) in [5, 5.41) is 0. The number of hydrogen-bond donors (Lipinski definition) is 0. The molecule has 6 atom stereocenters. The predicted molar refractivity (Wildman–Crippen MR) is 90.7 cm³/mol. The normalized spacial score (nSPS) is 49.7. The van der Waals surface area contributed by atoms with Gasteiger partial charge in [0.25, 0.3) is 0 Å². The largest absolute Gasteiger partial charge is 0.457 e. The molecule has 4 aliphatic rings. The average Bonchev–Trinajstić information content (AvgIpc) is 2.72. The van der Waals surface area contributed by atoms with Crippen molar-refractivity contribution in [1.82, 2.24) is 0 Å². The lowest BCUT2D eigenvalue weighted by Crippen LogP contribution is -2.60. The molecule has 2 heterocycles. The van der Waals surface area contributed by atoms with E-state index >= 15 is 0 Å². The minimum atomic E-state index is -0.677. The molecule has 4 bridgehead atoms. The molecule has 2 aliphatic heterocycles. The van der Waals surface area contributed by atoms with Gasteiger partial charge in [0.15, 0.2) is 12.2 Å². The van der Waals surface area contributed by atoms with Gasteiger partial charge in [-0.3, -0.25) is 0 Å². The van der Waals surface area contributed by atoms with Gasteiger partial charge in [-0.15, -0.1) is 0 Å². The molecule has 2 saturated heterocycles. The van der Waals surface area contributed by atoms with Crippen molar-refractivity contribution in [2.75, 3.05) is 0 Å². The standard InChI is InChI=1S/C20H30O5/c1-17(2)11-7-9-19(17,5)24-15(21)13(11)23-14-12-8-10-20(6,18(12,3)4)25-16(14)22/h11-14H,7-10H2,1-6H3. The average molecular weight is 350 g/mol. The zero-order valence-electron chi connectivity index (χ0n) is 16.2. The summed E-state index contributed by atoms with van der Waals surface area (Å²) in [5.74, 6) is -0.490. The topological polar surface area (TPSA) is 61.8 Å². The maximum Gasteiger partial charge on any atom is 0.336 e. The van der Waals surface area contributed by atoms with Crippen molar-refractivity contribution >= 4 is 11.9 Å². The van der Waals surface area contributed by atoms with E-state index in [2.05, 4.69) is 27.7 Å². The second kappa shape index (κ2) is 4.79. The Kier molecular flexibility index (Phi) is 3.32. The Balaban J connectivity index is 1.62. The number of fused-ring (bicyclic) bond motifs is 4. The van der Waals surface area contributed by atoms with Crippen molar-refractivity contribution in [2.45, 2.75) is 90.6 Å². The molecule has 6 unspecified atom stereocenters. The van der Waals surface area contributed by atoms with E-state index in [1.165, 1.54) is 0 Å². The predicted octanol–water partition coefficient (Wildman–Crippen LogP) is 3.24. The van der Waals surface area contributed by atoms with Crippen LogP contribution in [0, 0.1) is 22.7 Å². The van der Waals surface area contributed by atoms with Crippen LogP contribution in [0.2, 0.25) is 0 Å². The molecule has 0 amide bonds. The molecular formula is C20H30O5. The molecule has 4 fully saturated rings. The lowest BCUT2D eigenvalue weighted by atomic mass is 9.68. The van der Waals surface area contributed by atoms with E-state index in [0.717, 1.165) is 25.7 Å². The van der Waals surface area contributed by atoms with Crippen LogP contribution in [0.1, 0.15) is 67.2 Å².